The normalized spacial score (nSPS) is 10.4. The van der Waals surface area contributed by atoms with E-state index in [-0.39, 0.29) is 17.9 Å². The van der Waals surface area contributed by atoms with E-state index in [4.69, 9.17) is 9.84 Å². The molecule has 0 spiro atoms. The third kappa shape index (κ3) is 3.99. The average molecular weight is 356 g/mol. The molecule has 0 saturated carbocycles. The summed E-state index contributed by atoms with van der Waals surface area (Å²) in [6.07, 6.45) is 0. The standard InChI is InChI=1S/C17H12N2O5S/c20-17(21)12-2-1-3-14(8-12)24-9-16-18-15(10-25-16)11-4-6-13(7-5-11)19(22)23/h1-8,10H,9H2,(H,20,21). The first-order valence-corrected chi connectivity index (χ1v) is 8.06. The molecule has 7 nitrogen and oxygen atoms in total. The van der Waals surface area contributed by atoms with Gasteiger partial charge in [0.15, 0.2) is 0 Å². The van der Waals surface area contributed by atoms with Gasteiger partial charge in [-0.15, -0.1) is 11.3 Å². The van der Waals surface area contributed by atoms with Crippen LogP contribution in [0.25, 0.3) is 11.3 Å². The van der Waals surface area contributed by atoms with Crippen molar-refractivity contribution in [3.8, 4) is 17.0 Å². The Balaban J connectivity index is 1.68. The Labute approximate surface area is 146 Å². The number of ether oxygens (including phenoxy) is 1. The van der Waals surface area contributed by atoms with Gasteiger partial charge in [-0.25, -0.2) is 9.78 Å². The molecule has 0 aliphatic carbocycles. The van der Waals surface area contributed by atoms with Gasteiger partial charge in [0.25, 0.3) is 5.69 Å². The fourth-order valence-electron chi connectivity index (χ4n) is 2.13. The number of nitro benzene ring substituents is 1. The molecule has 1 heterocycles. The summed E-state index contributed by atoms with van der Waals surface area (Å²) in [6.45, 7) is 0.209. The van der Waals surface area contributed by atoms with E-state index in [2.05, 4.69) is 4.98 Å². The lowest BCUT2D eigenvalue weighted by Crippen LogP contribution is -1.99. The summed E-state index contributed by atoms with van der Waals surface area (Å²) in [5.74, 6) is -0.563. The lowest BCUT2D eigenvalue weighted by atomic mass is 10.1. The van der Waals surface area contributed by atoms with E-state index in [1.807, 2.05) is 5.38 Å². The van der Waals surface area contributed by atoms with Crippen molar-refractivity contribution in [3.05, 3.63) is 74.6 Å². The Morgan fingerprint density at radius 3 is 2.68 bits per heavy atom. The number of benzene rings is 2. The maximum Gasteiger partial charge on any atom is 0.335 e. The molecule has 0 atom stereocenters. The van der Waals surface area contributed by atoms with Crippen LogP contribution in [-0.4, -0.2) is 21.0 Å². The maximum atomic E-state index is 10.9. The number of hydrogen-bond donors (Lipinski definition) is 1. The van der Waals surface area contributed by atoms with Crippen molar-refractivity contribution in [2.45, 2.75) is 6.61 Å². The molecule has 1 N–H and O–H groups in total. The molecule has 0 bridgehead atoms. The molecule has 0 fully saturated rings. The number of hydrogen-bond acceptors (Lipinski definition) is 6. The monoisotopic (exact) mass is 356 g/mol. The van der Waals surface area contributed by atoms with Gasteiger partial charge in [0.05, 0.1) is 16.2 Å². The number of aromatic nitrogens is 1. The van der Waals surface area contributed by atoms with Crippen LogP contribution in [0.1, 0.15) is 15.4 Å². The third-order valence-corrected chi connectivity index (χ3v) is 4.19. The highest BCUT2D eigenvalue weighted by molar-refractivity contribution is 7.09. The van der Waals surface area contributed by atoms with Crippen molar-refractivity contribution in [2.24, 2.45) is 0 Å². The number of nitrogens with zero attached hydrogens (tertiary/aromatic N) is 2. The zero-order valence-electron chi connectivity index (χ0n) is 12.8. The Morgan fingerprint density at radius 1 is 1.24 bits per heavy atom. The molecule has 3 rings (SSSR count). The number of rotatable bonds is 6. The largest absolute Gasteiger partial charge is 0.486 e. The molecular weight excluding hydrogens is 344 g/mol. The van der Waals surface area contributed by atoms with E-state index in [1.54, 1.807) is 24.3 Å². The quantitative estimate of drug-likeness (QED) is 0.529. The van der Waals surface area contributed by atoms with E-state index in [1.165, 1.54) is 35.6 Å². The maximum absolute atomic E-state index is 10.9. The highest BCUT2D eigenvalue weighted by atomic mass is 32.1. The molecule has 0 radical (unpaired) electrons. The van der Waals surface area contributed by atoms with Gasteiger partial charge in [-0.05, 0) is 30.3 Å². The van der Waals surface area contributed by atoms with Crippen LogP contribution in [0, 0.1) is 10.1 Å². The molecule has 0 unspecified atom stereocenters. The number of carboxylic acid groups (broad SMARTS) is 1. The van der Waals surface area contributed by atoms with E-state index < -0.39 is 10.9 Å². The number of carbonyl (C=O) groups is 1. The molecule has 0 aliphatic rings. The minimum atomic E-state index is -1.01. The SMILES string of the molecule is O=C(O)c1cccc(OCc2nc(-c3ccc([N+](=O)[O-])cc3)cs2)c1. The van der Waals surface area contributed by atoms with Crippen LogP contribution in [-0.2, 0) is 6.61 Å². The molecule has 1 aromatic heterocycles. The highest BCUT2D eigenvalue weighted by Gasteiger charge is 2.09. The van der Waals surface area contributed by atoms with Gasteiger partial charge >= 0.3 is 5.97 Å². The van der Waals surface area contributed by atoms with Crippen LogP contribution in [0.3, 0.4) is 0 Å². The average Bonchev–Trinajstić information content (AvgIpc) is 3.09. The number of carboxylic acids is 1. The second-order valence-electron chi connectivity index (χ2n) is 5.05. The number of nitro groups is 1. The molecule has 126 valence electrons. The molecule has 0 amide bonds. The van der Waals surface area contributed by atoms with Crippen LogP contribution >= 0.6 is 11.3 Å². The van der Waals surface area contributed by atoms with Crippen LogP contribution in [0.15, 0.2) is 53.9 Å². The molecule has 2 aromatic carbocycles. The summed E-state index contributed by atoms with van der Waals surface area (Å²) in [4.78, 5) is 25.6. The van der Waals surface area contributed by atoms with Crippen LogP contribution in [0.2, 0.25) is 0 Å². The van der Waals surface area contributed by atoms with Crippen molar-refractivity contribution >= 4 is 23.0 Å². The summed E-state index contributed by atoms with van der Waals surface area (Å²) in [6, 6.07) is 12.4. The first-order chi connectivity index (χ1) is 12.0. The first-order valence-electron chi connectivity index (χ1n) is 7.18. The molecule has 8 heteroatoms. The molecule has 3 aromatic rings. The van der Waals surface area contributed by atoms with Crippen molar-refractivity contribution in [1.82, 2.24) is 4.98 Å². The zero-order chi connectivity index (χ0) is 17.8. The Morgan fingerprint density at radius 2 is 2.00 bits per heavy atom. The fraction of sp³-hybridized carbons (Fsp3) is 0.0588. The minimum Gasteiger partial charge on any atom is -0.486 e. The second-order valence-corrected chi connectivity index (χ2v) is 5.99. The van der Waals surface area contributed by atoms with Crippen LogP contribution in [0.5, 0.6) is 5.75 Å². The van der Waals surface area contributed by atoms with Crippen molar-refractivity contribution < 1.29 is 19.6 Å². The summed E-state index contributed by atoms with van der Waals surface area (Å²) >= 11 is 1.40. The predicted octanol–water partition coefficient (Wildman–Crippen LogP) is 4.00. The summed E-state index contributed by atoms with van der Waals surface area (Å²) in [5, 5.41) is 22.2. The summed E-state index contributed by atoms with van der Waals surface area (Å²) in [5.41, 5.74) is 1.67. The number of non-ortho nitro benzene ring substituents is 1. The third-order valence-electron chi connectivity index (χ3n) is 3.37. The van der Waals surface area contributed by atoms with Gasteiger partial charge in [-0.1, -0.05) is 6.07 Å². The van der Waals surface area contributed by atoms with Gasteiger partial charge in [-0.2, -0.15) is 0 Å². The minimum absolute atomic E-state index is 0.0286. The van der Waals surface area contributed by atoms with Crippen molar-refractivity contribution in [3.63, 3.8) is 0 Å². The fourth-order valence-corrected chi connectivity index (χ4v) is 2.84. The van der Waals surface area contributed by atoms with Gasteiger partial charge < -0.3 is 9.84 Å². The van der Waals surface area contributed by atoms with Gasteiger partial charge in [0.1, 0.15) is 17.4 Å². The van der Waals surface area contributed by atoms with Gasteiger partial charge in [0, 0.05) is 23.1 Å². The lowest BCUT2D eigenvalue weighted by molar-refractivity contribution is -0.384. The smallest absolute Gasteiger partial charge is 0.335 e. The van der Waals surface area contributed by atoms with Crippen LogP contribution < -0.4 is 4.74 Å². The summed E-state index contributed by atoms with van der Waals surface area (Å²) in [7, 11) is 0. The Hall–Kier alpha value is -3.26. The number of thiazole rings is 1. The molecule has 0 aliphatic heterocycles. The van der Waals surface area contributed by atoms with Gasteiger partial charge in [0.2, 0.25) is 0 Å². The first kappa shape index (κ1) is 16.6. The summed E-state index contributed by atoms with van der Waals surface area (Å²) < 4.78 is 5.58. The predicted molar refractivity (Wildman–Crippen MR) is 91.9 cm³/mol. The molecule has 0 saturated heterocycles. The van der Waals surface area contributed by atoms with Crippen molar-refractivity contribution in [2.75, 3.05) is 0 Å². The van der Waals surface area contributed by atoms with E-state index in [0.717, 1.165) is 5.56 Å². The molecule has 25 heavy (non-hydrogen) atoms. The zero-order valence-corrected chi connectivity index (χ0v) is 13.6. The second kappa shape index (κ2) is 7.10. The number of aromatic carboxylic acids is 1. The van der Waals surface area contributed by atoms with Gasteiger partial charge in [-0.3, -0.25) is 10.1 Å². The lowest BCUT2D eigenvalue weighted by Gasteiger charge is -2.04. The van der Waals surface area contributed by atoms with Crippen LogP contribution in [0.4, 0.5) is 5.69 Å². The Bertz CT molecular complexity index is 921. The van der Waals surface area contributed by atoms with E-state index >= 15 is 0 Å². The molecular formula is C17H12N2O5S. The van der Waals surface area contributed by atoms with E-state index in [9.17, 15) is 14.9 Å². The topological polar surface area (TPSA) is 103 Å². The highest BCUT2D eigenvalue weighted by Crippen LogP contribution is 2.25. The van der Waals surface area contributed by atoms with Crippen molar-refractivity contribution in [1.29, 1.82) is 0 Å². The Kier molecular flexibility index (Phi) is 4.71. The van der Waals surface area contributed by atoms with E-state index in [0.29, 0.717) is 16.5 Å².